The van der Waals surface area contributed by atoms with Crippen LogP contribution >= 0.6 is 0 Å². The molecule has 172 valence electrons. The minimum atomic E-state index is 0.286. The molecule has 1 N–H and O–H groups in total. The van der Waals surface area contributed by atoms with Crippen LogP contribution in [0.3, 0.4) is 0 Å². The van der Waals surface area contributed by atoms with Crippen molar-refractivity contribution in [3.8, 4) is 5.75 Å². The molecule has 0 saturated heterocycles. The van der Waals surface area contributed by atoms with Gasteiger partial charge in [-0.3, -0.25) is 0 Å². The highest BCUT2D eigenvalue weighted by Crippen LogP contribution is 2.66. The van der Waals surface area contributed by atoms with E-state index in [0.717, 1.165) is 18.2 Å². The zero-order valence-corrected chi connectivity index (χ0v) is 20.4. The van der Waals surface area contributed by atoms with Gasteiger partial charge in [-0.25, -0.2) is 0 Å². The summed E-state index contributed by atoms with van der Waals surface area (Å²) in [7, 11) is 0. The first-order chi connectivity index (χ1) is 15.8. The number of benzene rings is 3. The molecule has 3 aromatic carbocycles. The molecule has 4 aliphatic rings. The molecule has 0 heterocycles. The largest absolute Gasteiger partial charge is 0.489 e. The molecule has 4 saturated carbocycles. The van der Waals surface area contributed by atoms with E-state index in [1.807, 2.05) is 0 Å². The SMILES string of the molecule is Cc1ccc(COc2ccc3ccccc3c2CNC23CC4CC(C)(CC(C)(C4)C2)C3)cc1. The van der Waals surface area contributed by atoms with Crippen molar-refractivity contribution in [2.24, 2.45) is 16.7 Å². The Hall–Kier alpha value is -2.32. The maximum absolute atomic E-state index is 6.44. The predicted octanol–water partition coefficient (Wildman–Crippen LogP) is 7.57. The van der Waals surface area contributed by atoms with Crippen LogP contribution in [-0.2, 0) is 13.2 Å². The highest BCUT2D eigenvalue weighted by molar-refractivity contribution is 5.87. The third kappa shape index (κ3) is 3.97. The van der Waals surface area contributed by atoms with E-state index in [9.17, 15) is 0 Å². The molecular weight excluding hydrogens is 402 g/mol. The van der Waals surface area contributed by atoms with E-state index in [1.165, 1.54) is 66.0 Å². The van der Waals surface area contributed by atoms with Crippen LogP contribution in [0.1, 0.15) is 69.1 Å². The molecule has 4 bridgehead atoms. The van der Waals surface area contributed by atoms with Crippen molar-refractivity contribution in [2.45, 2.75) is 78.0 Å². The van der Waals surface area contributed by atoms with Crippen molar-refractivity contribution in [1.82, 2.24) is 5.32 Å². The van der Waals surface area contributed by atoms with E-state index in [-0.39, 0.29) is 5.54 Å². The standard InChI is InChI=1S/C31H37NO/c1-22-8-10-23(11-9-22)18-33-28-13-12-25-6-4-5-7-26(25)27(28)17-32-31-16-24-14-29(2,20-31)19-30(3,15-24)21-31/h4-13,24,32H,14-21H2,1-3H3. The Bertz CT molecular complexity index is 1160. The van der Waals surface area contributed by atoms with Gasteiger partial charge in [0.05, 0.1) is 0 Å². The Kier molecular flexibility index (Phi) is 4.89. The van der Waals surface area contributed by atoms with Crippen LogP contribution in [0.4, 0.5) is 0 Å². The lowest BCUT2D eigenvalue weighted by molar-refractivity contribution is -0.118. The molecule has 0 spiro atoms. The fourth-order valence-corrected chi connectivity index (χ4v) is 8.40. The van der Waals surface area contributed by atoms with E-state index in [1.54, 1.807) is 0 Å². The van der Waals surface area contributed by atoms with Gasteiger partial charge < -0.3 is 10.1 Å². The second-order valence-corrected chi connectivity index (χ2v) is 12.3. The van der Waals surface area contributed by atoms with Crippen LogP contribution in [0.15, 0.2) is 60.7 Å². The second-order valence-electron chi connectivity index (χ2n) is 12.3. The van der Waals surface area contributed by atoms with Gasteiger partial charge in [0, 0.05) is 17.6 Å². The predicted molar refractivity (Wildman–Crippen MR) is 136 cm³/mol. The van der Waals surface area contributed by atoms with E-state index in [2.05, 4.69) is 86.8 Å². The second kappa shape index (κ2) is 7.60. The number of rotatable bonds is 6. The van der Waals surface area contributed by atoms with Crippen LogP contribution in [0.25, 0.3) is 10.8 Å². The Labute approximate surface area is 198 Å². The van der Waals surface area contributed by atoms with Gasteiger partial charge in [0.15, 0.2) is 0 Å². The van der Waals surface area contributed by atoms with Crippen molar-refractivity contribution in [2.75, 3.05) is 0 Å². The zero-order chi connectivity index (χ0) is 22.7. The number of nitrogens with one attached hydrogen (secondary N) is 1. The molecule has 2 atom stereocenters. The normalized spacial score (nSPS) is 32.4. The molecule has 7 rings (SSSR count). The molecule has 2 heteroatoms. The molecule has 0 aromatic heterocycles. The quantitative estimate of drug-likeness (QED) is 0.428. The summed E-state index contributed by atoms with van der Waals surface area (Å²) in [5, 5.41) is 6.76. The molecule has 0 aliphatic heterocycles. The van der Waals surface area contributed by atoms with Crippen LogP contribution in [0, 0.1) is 23.7 Å². The highest BCUT2D eigenvalue weighted by Gasteiger charge is 2.59. The van der Waals surface area contributed by atoms with Gasteiger partial charge in [-0.15, -0.1) is 0 Å². The summed E-state index contributed by atoms with van der Waals surface area (Å²) in [6.07, 6.45) is 8.30. The summed E-state index contributed by atoms with van der Waals surface area (Å²) < 4.78 is 6.44. The van der Waals surface area contributed by atoms with Crippen molar-refractivity contribution in [3.63, 3.8) is 0 Å². The maximum atomic E-state index is 6.44. The topological polar surface area (TPSA) is 21.3 Å². The van der Waals surface area contributed by atoms with Gasteiger partial charge in [0.2, 0.25) is 0 Å². The summed E-state index contributed by atoms with van der Waals surface area (Å²) in [4.78, 5) is 0. The van der Waals surface area contributed by atoms with Crippen LogP contribution in [-0.4, -0.2) is 5.54 Å². The lowest BCUT2D eigenvalue weighted by Crippen LogP contribution is -2.63. The third-order valence-electron chi connectivity index (χ3n) is 8.78. The molecule has 33 heavy (non-hydrogen) atoms. The molecule has 0 radical (unpaired) electrons. The Morgan fingerprint density at radius 2 is 1.58 bits per heavy atom. The Balaban J connectivity index is 1.29. The summed E-state index contributed by atoms with van der Waals surface area (Å²) in [5.41, 5.74) is 5.14. The van der Waals surface area contributed by atoms with Crippen LogP contribution < -0.4 is 10.1 Å². The number of hydrogen-bond donors (Lipinski definition) is 1. The van der Waals surface area contributed by atoms with E-state index >= 15 is 0 Å². The fraction of sp³-hybridized carbons (Fsp3) is 0.484. The molecular formula is C31H37NO. The Morgan fingerprint density at radius 3 is 2.30 bits per heavy atom. The first kappa shape index (κ1) is 21.2. The first-order valence-electron chi connectivity index (χ1n) is 12.8. The van der Waals surface area contributed by atoms with Crippen LogP contribution in [0.2, 0.25) is 0 Å². The number of ether oxygens (including phenoxy) is 1. The molecule has 2 nitrogen and oxygen atoms in total. The van der Waals surface area contributed by atoms with Gasteiger partial charge >= 0.3 is 0 Å². The average Bonchev–Trinajstić information content (AvgIpc) is 2.75. The van der Waals surface area contributed by atoms with Crippen molar-refractivity contribution in [3.05, 3.63) is 77.4 Å². The smallest absolute Gasteiger partial charge is 0.124 e. The minimum Gasteiger partial charge on any atom is -0.489 e. The number of fused-ring (bicyclic) bond motifs is 1. The van der Waals surface area contributed by atoms with Crippen molar-refractivity contribution >= 4 is 10.8 Å². The zero-order valence-electron chi connectivity index (χ0n) is 20.4. The summed E-state index contributed by atoms with van der Waals surface area (Å²) in [6, 6.07) is 21.8. The lowest BCUT2D eigenvalue weighted by atomic mass is 9.43. The maximum Gasteiger partial charge on any atom is 0.124 e. The van der Waals surface area contributed by atoms with Gasteiger partial charge in [-0.2, -0.15) is 0 Å². The fourth-order valence-electron chi connectivity index (χ4n) is 8.40. The van der Waals surface area contributed by atoms with Crippen molar-refractivity contribution < 1.29 is 4.74 Å². The summed E-state index contributed by atoms with van der Waals surface area (Å²) >= 11 is 0. The molecule has 3 aromatic rings. The average molecular weight is 440 g/mol. The highest BCUT2D eigenvalue weighted by atomic mass is 16.5. The van der Waals surface area contributed by atoms with E-state index in [4.69, 9.17) is 4.74 Å². The van der Waals surface area contributed by atoms with Gasteiger partial charge in [-0.05, 0) is 84.6 Å². The monoisotopic (exact) mass is 439 g/mol. The molecule has 4 fully saturated rings. The summed E-state index contributed by atoms with van der Waals surface area (Å²) in [6.45, 7) is 8.72. The van der Waals surface area contributed by atoms with Gasteiger partial charge in [0.25, 0.3) is 0 Å². The van der Waals surface area contributed by atoms with Crippen LogP contribution in [0.5, 0.6) is 5.75 Å². The number of aryl methyl sites for hydroxylation is 1. The van der Waals surface area contributed by atoms with Crippen molar-refractivity contribution in [1.29, 1.82) is 0 Å². The summed E-state index contributed by atoms with van der Waals surface area (Å²) in [5.74, 6) is 1.91. The van der Waals surface area contributed by atoms with E-state index in [0.29, 0.717) is 17.4 Å². The minimum absolute atomic E-state index is 0.286. The first-order valence-corrected chi connectivity index (χ1v) is 12.8. The molecule has 2 unspecified atom stereocenters. The number of hydrogen-bond acceptors (Lipinski definition) is 2. The lowest BCUT2D eigenvalue weighted by Gasteiger charge is -2.65. The third-order valence-corrected chi connectivity index (χ3v) is 8.78. The van der Waals surface area contributed by atoms with Gasteiger partial charge in [0.1, 0.15) is 12.4 Å². The Morgan fingerprint density at radius 1 is 0.848 bits per heavy atom. The van der Waals surface area contributed by atoms with Gasteiger partial charge in [-0.1, -0.05) is 74.0 Å². The van der Waals surface area contributed by atoms with E-state index < -0.39 is 0 Å². The molecule has 4 aliphatic carbocycles. The molecule has 0 amide bonds.